The van der Waals surface area contributed by atoms with Crippen LogP contribution >= 0.6 is 7.82 Å². The van der Waals surface area contributed by atoms with Crippen LogP contribution in [-0.2, 0) is 32.7 Å². The van der Waals surface area contributed by atoms with Crippen LogP contribution < -0.4 is 10.6 Å². The van der Waals surface area contributed by atoms with Gasteiger partial charge in [-0.05, 0) is 32.1 Å². The number of unbranched alkanes of at least 4 members (excludes halogenated alkanes) is 20. The Kier molecular flexibility index (Phi) is 32.7. The summed E-state index contributed by atoms with van der Waals surface area (Å²) in [4.78, 5) is 36.7. The molecule has 272 valence electrons. The molecule has 3 N–H and O–H groups in total. The number of carbonyl (C=O) groups excluding carboxylic acids is 2. The van der Waals surface area contributed by atoms with Gasteiger partial charge in [0.1, 0.15) is 13.2 Å². The fraction of sp³-hybridized carbons (Fsp3) is 0.889. The third-order valence-corrected chi connectivity index (χ3v) is 8.88. The number of hydrogen-bond donors (Lipinski definition) is 1. The number of quaternary nitrogens is 1. The van der Waals surface area contributed by atoms with Crippen LogP contribution in [0.4, 0.5) is 0 Å². The lowest BCUT2D eigenvalue weighted by molar-refractivity contribution is -0.373. The number of phosphoric acid groups is 1. The Bertz CT molecular complexity index is 779. The van der Waals surface area contributed by atoms with Gasteiger partial charge in [-0.15, -0.1) is 0 Å². The number of ether oxygens (including phenoxy) is 2. The molecule has 0 aliphatic heterocycles. The lowest BCUT2D eigenvalue weighted by Gasteiger charge is -2.25. The maximum Gasteiger partial charge on any atom is 0.306 e. The Morgan fingerprint density at radius 1 is 0.630 bits per heavy atom. The fourth-order valence-corrected chi connectivity index (χ4v) is 5.87. The van der Waals surface area contributed by atoms with Crippen LogP contribution in [0.5, 0.6) is 0 Å². The predicted octanol–water partition coefficient (Wildman–Crippen LogP) is 8.53. The zero-order valence-corrected chi connectivity index (χ0v) is 30.6. The second kappa shape index (κ2) is 33.6. The summed E-state index contributed by atoms with van der Waals surface area (Å²) >= 11 is 0. The van der Waals surface area contributed by atoms with Gasteiger partial charge in [-0.25, -0.2) is 0 Å². The topological polar surface area (TPSA) is 139 Å². The molecule has 10 heteroatoms. The minimum absolute atomic E-state index is 0.103. The lowest BCUT2D eigenvalue weighted by atomic mass is 10.0. The Labute approximate surface area is 281 Å². The smallest absolute Gasteiger partial charge is 0.306 e. The summed E-state index contributed by atoms with van der Waals surface area (Å²) in [5.41, 5.74) is 3.54. The largest absolute Gasteiger partial charge is 0.756 e. The zero-order valence-electron chi connectivity index (χ0n) is 29.7. The Hall–Kier alpha value is -1.25. The number of allylic oxidation sites excluding steroid dienone is 2. The van der Waals surface area contributed by atoms with E-state index in [2.05, 4.69) is 31.7 Å². The van der Waals surface area contributed by atoms with Gasteiger partial charge >= 0.3 is 11.9 Å². The van der Waals surface area contributed by atoms with E-state index in [0.29, 0.717) is 6.42 Å². The monoisotopic (exact) mass is 675 g/mol. The van der Waals surface area contributed by atoms with E-state index < -0.39 is 26.5 Å². The first kappa shape index (κ1) is 44.8. The molecule has 0 aromatic heterocycles. The molecule has 0 spiro atoms. The maximum absolute atomic E-state index is 12.5. The third-order valence-electron chi connectivity index (χ3n) is 7.92. The fourth-order valence-electron chi connectivity index (χ4n) is 5.09. The molecule has 9 nitrogen and oxygen atoms in total. The second-order valence-electron chi connectivity index (χ2n) is 12.5. The van der Waals surface area contributed by atoms with Crippen molar-refractivity contribution in [3.05, 3.63) is 12.2 Å². The maximum atomic E-state index is 12.5. The highest BCUT2D eigenvalue weighted by Crippen LogP contribution is 2.38. The summed E-state index contributed by atoms with van der Waals surface area (Å²) in [6.07, 6.45) is 30.9. The third kappa shape index (κ3) is 32.7. The Balaban J connectivity index is 4.21. The Morgan fingerprint density at radius 3 is 1.61 bits per heavy atom. The summed E-state index contributed by atoms with van der Waals surface area (Å²) in [7, 11) is -4.57. The van der Waals surface area contributed by atoms with Gasteiger partial charge in [-0.1, -0.05) is 142 Å². The SMILES string of the molecule is CCCC/C=C\CCCCCCCC(=O)O[C@H](COC(=O)CCCCCCCCCCCCCCCC)COP(=O)([O-])OCC[NH3+]. The second-order valence-corrected chi connectivity index (χ2v) is 13.9. The van der Waals surface area contributed by atoms with E-state index in [1.54, 1.807) is 0 Å². The number of esters is 2. The number of hydrogen-bond acceptors (Lipinski definition) is 8. The van der Waals surface area contributed by atoms with Gasteiger partial charge in [0.15, 0.2) is 6.10 Å². The van der Waals surface area contributed by atoms with Crippen LogP contribution in [-0.4, -0.2) is 44.4 Å². The first-order chi connectivity index (χ1) is 22.3. The zero-order chi connectivity index (χ0) is 34.0. The summed E-state index contributed by atoms with van der Waals surface area (Å²) in [6, 6.07) is 0. The van der Waals surface area contributed by atoms with Gasteiger partial charge < -0.3 is 29.1 Å². The summed E-state index contributed by atoms with van der Waals surface area (Å²) in [5.74, 6) is -0.853. The quantitative estimate of drug-likeness (QED) is 0.0305. The average molecular weight is 676 g/mol. The van der Waals surface area contributed by atoms with Crippen LogP contribution in [0.3, 0.4) is 0 Å². The van der Waals surface area contributed by atoms with Gasteiger partial charge in [0.25, 0.3) is 7.82 Å². The molecule has 0 aliphatic carbocycles. The average Bonchev–Trinajstić information content (AvgIpc) is 3.04. The van der Waals surface area contributed by atoms with Crippen LogP contribution in [0.1, 0.15) is 174 Å². The molecule has 0 amide bonds. The summed E-state index contributed by atoms with van der Waals surface area (Å²) in [5, 5.41) is 0. The summed E-state index contributed by atoms with van der Waals surface area (Å²) in [6.45, 7) is 3.88. The van der Waals surface area contributed by atoms with Crippen LogP contribution in [0, 0.1) is 0 Å². The predicted molar refractivity (Wildman–Crippen MR) is 184 cm³/mol. The standard InChI is InChI=1S/C36H70NO8P/c1-3-5-7-9-11-13-15-16-17-19-20-22-24-26-28-35(38)42-32-34(33-44-46(40,41)43-31-30-37)45-36(39)29-27-25-23-21-18-14-12-10-8-6-4-2/h10,12,34H,3-9,11,13-33,37H2,1-2H3,(H,40,41)/b12-10-/t34-/m1/s1. The molecule has 0 heterocycles. The number of phosphoric ester groups is 1. The van der Waals surface area contributed by atoms with E-state index in [4.69, 9.17) is 18.5 Å². The molecule has 1 unspecified atom stereocenters. The molecular weight excluding hydrogens is 605 g/mol. The highest BCUT2D eigenvalue weighted by atomic mass is 31.2. The highest BCUT2D eigenvalue weighted by Gasteiger charge is 2.21. The van der Waals surface area contributed by atoms with Gasteiger partial charge in [0.05, 0.1) is 13.2 Å². The van der Waals surface area contributed by atoms with Gasteiger partial charge in [-0.2, -0.15) is 0 Å². The molecule has 0 fully saturated rings. The van der Waals surface area contributed by atoms with E-state index in [1.807, 2.05) is 0 Å². The van der Waals surface area contributed by atoms with E-state index in [9.17, 15) is 19.0 Å². The van der Waals surface area contributed by atoms with Crippen molar-refractivity contribution < 1.29 is 43.3 Å². The van der Waals surface area contributed by atoms with Crippen molar-refractivity contribution in [2.45, 2.75) is 180 Å². The van der Waals surface area contributed by atoms with E-state index in [0.717, 1.165) is 57.8 Å². The van der Waals surface area contributed by atoms with Crippen LogP contribution in [0.15, 0.2) is 12.2 Å². The molecule has 0 saturated heterocycles. The van der Waals surface area contributed by atoms with E-state index in [-0.39, 0.29) is 38.6 Å². The van der Waals surface area contributed by atoms with E-state index >= 15 is 0 Å². The highest BCUT2D eigenvalue weighted by molar-refractivity contribution is 7.45. The van der Waals surface area contributed by atoms with Crippen molar-refractivity contribution in [3.63, 3.8) is 0 Å². The number of carbonyl (C=O) groups is 2. The van der Waals surface area contributed by atoms with E-state index in [1.165, 1.54) is 83.5 Å². The van der Waals surface area contributed by atoms with Gasteiger partial charge in [0, 0.05) is 12.8 Å². The van der Waals surface area contributed by atoms with Crippen LogP contribution in [0.25, 0.3) is 0 Å². The molecule has 46 heavy (non-hydrogen) atoms. The van der Waals surface area contributed by atoms with Crippen molar-refractivity contribution >= 4 is 19.8 Å². The normalized spacial score (nSPS) is 13.6. The first-order valence-electron chi connectivity index (χ1n) is 18.7. The number of rotatable bonds is 35. The van der Waals surface area contributed by atoms with Gasteiger partial charge in [-0.3, -0.25) is 14.2 Å². The molecule has 2 atom stereocenters. The van der Waals surface area contributed by atoms with Crippen molar-refractivity contribution in [2.24, 2.45) is 0 Å². The van der Waals surface area contributed by atoms with Crippen molar-refractivity contribution in [1.82, 2.24) is 0 Å². The molecule has 0 aromatic carbocycles. The van der Waals surface area contributed by atoms with Crippen molar-refractivity contribution in [2.75, 3.05) is 26.4 Å². The molecule has 0 rings (SSSR count). The molecule has 0 bridgehead atoms. The summed E-state index contributed by atoms with van der Waals surface area (Å²) < 4.78 is 32.3. The van der Waals surface area contributed by atoms with Crippen molar-refractivity contribution in [1.29, 1.82) is 0 Å². The molecule has 0 saturated carbocycles. The molecule has 0 aromatic rings. The minimum atomic E-state index is -4.57. The molecule has 0 radical (unpaired) electrons. The minimum Gasteiger partial charge on any atom is -0.756 e. The Morgan fingerprint density at radius 2 is 1.09 bits per heavy atom. The lowest BCUT2D eigenvalue weighted by Crippen LogP contribution is -2.52. The first-order valence-corrected chi connectivity index (χ1v) is 20.2. The molecule has 0 aliphatic rings. The molecular formula is C36H70NO8P. The van der Waals surface area contributed by atoms with Crippen molar-refractivity contribution in [3.8, 4) is 0 Å². The van der Waals surface area contributed by atoms with Crippen LogP contribution in [0.2, 0.25) is 0 Å². The van der Waals surface area contributed by atoms with Gasteiger partial charge in [0.2, 0.25) is 0 Å².